The number of aromatic nitrogens is 2. The van der Waals surface area contributed by atoms with Gasteiger partial charge in [0.2, 0.25) is 5.82 Å². The predicted molar refractivity (Wildman–Crippen MR) is 84.9 cm³/mol. The highest BCUT2D eigenvalue weighted by molar-refractivity contribution is 6.39. The van der Waals surface area contributed by atoms with Crippen LogP contribution in [-0.2, 0) is 29.4 Å². The molecular weight excluding hydrogens is 353 g/mol. The molecule has 2 aromatic heterocycles. The van der Waals surface area contributed by atoms with Gasteiger partial charge in [0.25, 0.3) is 0 Å². The van der Waals surface area contributed by atoms with E-state index in [0.717, 1.165) is 4.57 Å². The van der Waals surface area contributed by atoms with Crippen molar-refractivity contribution >= 4 is 28.5 Å². The molecule has 26 heavy (non-hydrogen) atoms. The number of carbonyl (C=O) groups is 2. The van der Waals surface area contributed by atoms with Crippen molar-refractivity contribution in [2.45, 2.75) is 12.7 Å². The fourth-order valence-electron chi connectivity index (χ4n) is 2.38. The van der Waals surface area contributed by atoms with E-state index in [9.17, 15) is 22.8 Å². The van der Waals surface area contributed by atoms with Gasteiger partial charge in [0.1, 0.15) is 5.76 Å². The number of nitrogens with one attached hydrogen (secondary N) is 2. The number of aryl methyl sites for hydroxylation is 1. The molecule has 2 N–H and O–H groups in total. The average Bonchev–Trinajstić information content (AvgIpc) is 3.20. The van der Waals surface area contributed by atoms with Crippen LogP contribution in [0.3, 0.4) is 0 Å². The Balaban J connectivity index is 1.72. The number of carbonyl (C=O) groups excluding carboxylic acids is 2. The van der Waals surface area contributed by atoms with Crippen molar-refractivity contribution in [3.8, 4) is 0 Å². The predicted octanol–water partition coefficient (Wildman–Crippen LogP) is 2.44. The molecule has 0 spiro atoms. The van der Waals surface area contributed by atoms with Gasteiger partial charge in [0, 0.05) is 12.7 Å². The normalized spacial score (nSPS) is 11.5. The monoisotopic (exact) mass is 366 g/mol. The maximum Gasteiger partial charge on any atom is 0.449 e. The van der Waals surface area contributed by atoms with Crippen LogP contribution in [0.1, 0.15) is 11.6 Å². The molecule has 10 heteroatoms. The molecule has 0 atom stereocenters. The van der Waals surface area contributed by atoms with Crippen LogP contribution in [0.15, 0.2) is 41.0 Å². The van der Waals surface area contributed by atoms with E-state index in [0.29, 0.717) is 5.76 Å². The van der Waals surface area contributed by atoms with Crippen LogP contribution in [0, 0.1) is 0 Å². The van der Waals surface area contributed by atoms with E-state index in [1.807, 2.05) is 0 Å². The zero-order valence-electron chi connectivity index (χ0n) is 13.4. The standard InChI is InChI=1S/C16H13F3N4O3/c1-23-12-5-4-9(7-11(12)22-15(23)16(17,18)19)21-14(25)13(24)20-8-10-3-2-6-26-10/h2-7H,8H2,1H3,(H,20,24)(H,21,25). The Labute approximate surface area is 144 Å². The number of alkyl halides is 3. The lowest BCUT2D eigenvalue weighted by Gasteiger charge is -2.06. The molecule has 0 fully saturated rings. The highest BCUT2D eigenvalue weighted by atomic mass is 19.4. The van der Waals surface area contributed by atoms with Gasteiger partial charge in [-0.25, -0.2) is 4.98 Å². The molecule has 0 bridgehead atoms. The van der Waals surface area contributed by atoms with Gasteiger partial charge in [0.15, 0.2) is 0 Å². The molecule has 0 aliphatic carbocycles. The van der Waals surface area contributed by atoms with E-state index < -0.39 is 23.8 Å². The Morgan fingerprint density at radius 3 is 2.65 bits per heavy atom. The van der Waals surface area contributed by atoms with E-state index in [1.165, 1.54) is 31.5 Å². The van der Waals surface area contributed by atoms with Crippen molar-refractivity contribution in [1.82, 2.24) is 14.9 Å². The third kappa shape index (κ3) is 3.53. The number of fused-ring (bicyclic) bond motifs is 1. The highest BCUT2D eigenvalue weighted by Crippen LogP contribution is 2.31. The van der Waals surface area contributed by atoms with Gasteiger partial charge in [-0.2, -0.15) is 13.2 Å². The minimum Gasteiger partial charge on any atom is -0.467 e. The van der Waals surface area contributed by atoms with E-state index >= 15 is 0 Å². The molecule has 0 saturated carbocycles. The lowest BCUT2D eigenvalue weighted by Crippen LogP contribution is -2.34. The van der Waals surface area contributed by atoms with Crippen LogP contribution in [-0.4, -0.2) is 21.4 Å². The van der Waals surface area contributed by atoms with Crippen LogP contribution in [0.25, 0.3) is 11.0 Å². The molecule has 7 nitrogen and oxygen atoms in total. The second-order valence-electron chi connectivity index (χ2n) is 5.41. The molecular formula is C16H13F3N4O3. The zero-order chi connectivity index (χ0) is 18.9. The minimum absolute atomic E-state index is 0.0352. The van der Waals surface area contributed by atoms with Crippen molar-refractivity contribution < 1.29 is 27.2 Å². The number of amides is 2. The van der Waals surface area contributed by atoms with Crippen LogP contribution >= 0.6 is 0 Å². The van der Waals surface area contributed by atoms with Crippen molar-refractivity contribution in [2.75, 3.05) is 5.32 Å². The van der Waals surface area contributed by atoms with E-state index in [2.05, 4.69) is 15.6 Å². The van der Waals surface area contributed by atoms with E-state index in [4.69, 9.17) is 4.42 Å². The first-order chi connectivity index (χ1) is 12.3. The van der Waals surface area contributed by atoms with Crippen LogP contribution < -0.4 is 10.6 Å². The molecule has 0 saturated heterocycles. The molecule has 0 radical (unpaired) electrons. The number of benzene rings is 1. The summed E-state index contributed by atoms with van der Waals surface area (Å²) < 4.78 is 44.6. The first kappa shape index (κ1) is 17.5. The molecule has 2 amide bonds. The summed E-state index contributed by atoms with van der Waals surface area (Å²) in [4.78, 5) is 27.2. The lowest BCUT2D eigenvalue weighted by molar-refractivity contribution is -0.146. The van der Waals surface area contributed by atoms with Gasteiger partial charge < -0.3 is 19.6 Å². The molecule has 3 rings (SSSR count). The first-order valence-electron chi connectivity index (χ1n) is 7.41. The number of furan rings is 1. The van der Waals surface area contributed by atoms with E-state index in [-0.39, 0.29) is 23.3 Å². The number of anilines is 1. The third-order valence-corrected chi connectivity index (χ3v) is 3.60. The van der Waals surface area contributed by atoms with E-state index in [1.54, 1.807) is 12.1 Å². The van der Waals surface area contributed by atoms with Crippen molar-refractivity contribution in [3.05, 3.63) is 48.2 Å². The Hall–Kier alpha value is -3.30. The second kappa shape index (κ2) is 6.54. The summed E-state index contributed by atoms with van der Waals surface area (Å²) in [5, 5.41) is 4.68. The summed E-state index contributed by atoms with van der Waals surface area (Å²) >= 11 is 0. The zero-order valence-corrected chi connectivity index (χ0v) is 13.4. The largest absolute Gasteiger partial charge is 0.467 e. The number of hydrogen-bond acceptors (Lipinski definition) is 4. The number of imidazole rings is 1. The van der Waals surface area contributed by atoms with Crippen molar-refractivity contribution in [1.29, 1.82) is 0 Å². The topological polar surface area (TPSA) is 89.2 Å². The Morgan fingerprint density at radius 2 is 2.00 bits per heavy atom. The second-order valence-corrected chi connectivity index (χ2v) is 5.41. The minimum atomic E-state index is -4.59. The number of rotatable bonds is 3. The van der Waals surface area contributed by atoms with Crippen molar-refractivity contribution in [2.24, 2.45) is 7.05 Å². The third-order valence-electron chi connectivity index (χ3n) is 3.60. The van der Waals surface area contributed by atoms with Gasteiger partial charge in [-0.3, -0.25) is 9.59 Å². The SMILES string of the molecule is Cn1c(C(F)(F)F)nc2cc(NC(=O)C(=O)NCc3ccco3)ccc21. The van der Waals surface area contributed by atoms with Gasteiger partial charge in [0.05, 0.1) is 23.8 Å². The summed E-state index contributed by atoms with van der Waals surface area (Å²) in [6.45, 7) is 0.0352. The fourth-order valence-corrected chi connectivity index (χ4v) is 2.38. The number of nitrogens with zero attached hydrogens (tertiary/aromatic N) is 2. The number of halogens is 3. The summed E-state index contributed by atoms with van der Waals surface area (Å²) in [7, 11) is 1.25. The molecule has 136 valence electrons. The van der Waals surface area contributed by atoms with Gasteiger partial charge in [-0.1, -0.05) is 0 Å². The first-order valence-corrected chi connectivity index (χ1v) is 7.41. The smallest absolute Gasteiger partial charge is 0.449 e. The van der Waals surface area contributed by atoms with Gasteiger partial charge in [-0.15, -0.1) is 0 Å². The van der Waals surface area contributed by atoms with Crippen molar-refractivity contribution in [3.63, 3.8) is 0 Å². The lowest BCUT2D eigenvalue weighted by atomic mass is 10.2. The maximum atomic E-state index is 12.9. The Kier molecular flexibility index (Phi) is 4.41. The maximum absolute atomic E-state index is 12.9. The highest BCUT2D eigenvalue weighted by Gasteiger charge is 2.36. The van der Waals surface area contributed by atoms with Crippen LogP contribution in [0.4, 0.5) is 18.9 Å². The Morgan fingerprint density at radius 1 is 1.23 bits per heavy atom. The quantitative estimate of drug-likeness (QED) is 0.697. The Bertz CT molecular complexity index is 961. The molecule has 2 heterocycles. The molecule has 1 aromatic carbocycles. The average molecular weight is 366 g/mol. The molecule has 3 aromatic rings. The molecule has 0 aliphatic heterocycles. The van der Waals surface area contributed by atoms with Crippen LogP contribution in [0.5, 0.6) is 0 Å². The number of hydrogen-bond donors (Lipinski definition) is 2. The molecule has 0 aliphatic rings. The molecule has 0 unspecified atom stereocenters. The van der Waals surface area contributed by atoms with Gasteiger partial charge in [-0.05, 0) is 30.3 Å². The summed E-state index contributed by atoms with van der Waals surface area (Å²) in [6.07, 6.45) is -3.16. The van der Waals surface area contributed by atoms with Crippen LogP contribution in [0.2, 0.25) is 0 Å². The summed E-state index contributed by atoms with van der Waals surface area (Å²) in [6, 6.07) is 7.31. The summed E-state index contributed by atoms with van der Waals surface area (Å²) in [5.41, 5.74) is 0.452. The fraction of sp³-hybridized carbons (Fsp3) is 0.188. The summed E-state index contributed by atoms with van der Waals surface area (Å²) in [5.74, 6) is -2.44. The van der Waals surface area contributed by atoms with Gasteiger partial charge >= 0.3 is 18.0 Å².